The van der Waals surface area contributed by atoms with E-state index >= 15 is 0 Å². The molecule has 0 aromatic rings. The first-order valence-electron chi connectivity index (χ1n) is 18.1. The molecule has 0 atom stereocenters. The van der Waals surface area contributed by atoms with Crippen LogP contribution in [-0.4, -0.2) is 22.2 Å². The Morgan fingerprint density at radius 2 is 0.325 bits per heavy atom. The minimum absolute atomic E-state index is 0.339. The molecular weight excluding hydrogens is 496 g/mol. The van der Waals surface area contributed by atoms with Gasteiger partial charge in [-0.2, -0.15) is 0 Å². The molecular formula is C36H70O4. The molecule has 238 valence electrons. The zero-order chi connectivity index (χ0) is 29.2. The Hall–Kier alpha value is -1.06. The number of hydrogen-bond acceptors (Lipinski definition) is 2. The number of carboxylic acid groups (broad SMARTS) is 2. The molecule has 0 saturated carbocycles. The molecule has 0 aromatic heterocycles. The molecule has 0 saturated heterocycles. The van der Waals surface area contributed by atoms with Crippen molar-refractivity contribution in [3.8, 4) is 0 Å². The van der Waals surface area contributed by atoms with Crippen molar-refractivity contribution < 1.29 is 19.8 Å². The number of carboxylic acids is 2. The Labute approximate surface area is 249 Å². The molecule has 0 aliphatic rings. The lowest BCUT2D eigenvalue weighted by Crippen LogP contribution is -1.93. The maximum Gasteiger partial charge on any atom is 0.303 e. The third-order valence-electron chi connectivity index (χ3n) is 8.53. The first-order valence-corrected chi connectivity index (χ1v) is 18.1. The lowest BCUT2D eigenvalue weighted by atomic mass is 10.0. The van der Waals surface area contributed by atoms with Gasteiger partial charge in [-0.25, -0.2) is 0 Å². The lowest BCUT2D eigenvalue weighted by Gasteiger charge is -2.05. The van der Waals surface area contributed by atoms with Crippen molar-refractivity contribution in [2.75, 3.05) is 0 Å². The Bertz CT molecular complexity index is 473. The summed E-state index contributed by atoms with van der Waals surface area (Å²) >= 11 is 0. The molecule has 0 radical (unpaired) electrons. The molecule has 0 fully saturated rings. The van der Waals surface area contributed by atoms with E-state index in [1.807, 2.05) is 0 Å². The van der Waals surface area contributed by atoms with E-state index in [2.05, 4.69) is 0 Å². The predicted molar refractivity (Wildman–Crippen MR) is 172 cm³/mol. The van der Waals surface area contributed by atoms with Crippen molar-refractivity contribution in [3.05, 3.63) is 0 Å². The Morgan fingerprint density at radius 3 is 0.425 bits per heavy atom. The van der Waals surface area contributed by atoms with Crippen LogP contribution in [0.25, 0.3) is 0 Å². The molecule has 0 heterocycles. The van der Waals surface area contributed by atoms with Gasteiger partial charge in [-0.05, 0) is 12.8 Å². The maximum absolute atomic E-state index is 10.5. The molecule has 0 unspecified atom stereocenters. The van der Waals surface area contributed by atoms with E-state index in [0.717, 1.165) is 25.7 Å². The summed E-state index contributed by atoms with van der Waals surface area (Å²) < 4.78 is 0. The molecule has 0 aromatic carbocycles. The van der Waals surface area contributed by atoms with Gasteiger partial charge in [0.25, 0.3) is 0 Å². The summed E-state index contributed by atoms with van der Waals surface area (Å²) in [6, 6.07) is 0. The van der Waals surface area contributed by atoms with Crippen LogP contribution in [-0.2, 0) is 9.59 Å². The summed E-state index contributed by atoms with van der Waals surface area (Å²) in [7, 11) is 0. The van der Waals surface area contributed by atoms with Crippen LogP contribution in [0, 0.1) is 0 Å². The van der Waals surface area contributed by atoms with Crippen molar-refractivity contribution in [1.82, 2.24) is 0 Å². The summed E-state index contributed by atoms with van der Waals surface area (Å²) in [5.41, 5.74) is 0. The van der Waals surface area contributed by atoms with Crippen molar-refractivity contribution >= 4 is 11.9 Å². The first kappa shape index (κ1) is 38.9. The Balaban J connectivity index is 3.04. The van der Waals surface area contributed by atoms with E-state index in [4.69, 9.17) is 10.2 Å². The number of unbranched alkanes of at least 4 members (excludes halogenated alkanes) is 31. The van der Waals surface area contributed by atoms with Crippen molar-refractivity contribution in [2.45, 2.75) is 218 Å². The van der Waals surface area contributed by atoms with Crippen molar-refractivity contribution in [3.63, 3.8) is 0 Å². The molecule has 0 aliphatic heterocycles. The quantitative estimate of drug-likeness (QED) is 0.0748. The monoisotopic (exact) mass is 567 g/mol. The summed E-state index contributed by atoms with van der Waals surface area (Å²) in [6.07, 6.45) is 43.4. The SMILES string of the molecule is O=C(O)CCCCCCCCCCCCCCCCCCCCCCCCCCCCCCCCCCC(=O)O. The van der Waals surface area contributed by atoms with E-state index in [9.17, 15) is 9.59 Å². The minimum atomic E-state index is -0.654. The average Bonchev–Trinajstić information content (AvgIpc) is 2.93. The van der Waals surface area contributed by atoms with Gasteiger partial charge in [0.1, 0.15) is 0 Å². The second-order valence-electron chi connectivity index (χ2n) is 12.6. The fourth-order valence-corrected chi connectivity index (χ4v) is 5.86. The highest BCUT2D eigenvalue weighted by molar-refractivity contribution is 5.66. The topological polar surface area (TPSA) is 74.6 Å². The average molecular weight is 567 g/mol. The van der Waals surface area contributed by atoms with Gasteiger partial charge in [-0.15, -0.1) is 0 Å². The first-order chi connectivity index (χ1) is 19.6. The van der Waals surface area contributed by atoms with Gasteiger partial charge >= 0.3 is 11.9 Å². The molecule has 0 amide bonds. The van der Waals surface area contributed by atoms with Gasteiger partial charge in [-0.1, -0.05) is 193 Å². The fourth-order valence-electron chi connectivity index (χ4n) is 5.86. The third-order valence-corrected chi connectivity index (χ3v) is 8.53. The fraction of sp³-hybridized carbons (Fsp3) is 0.944. The molecule has 0 rings (SSSR count). The van der Waals surface area contributed by atoms with E-state index in [1.54, 1.807) is 0 Å². The lowest BCUT2D eigenvalue weighted by molar-refractivity contribution is -0.138. The van der Waals surface area contributed by atoms with Crippen molar-refractivity contribution in [2.24, 2.45) is 0 Å². The summed E-state index contributed by atoms with van der Waals surface area (Å²) in [5, 5.41) is 17.3. The van der Waals surface area contributed by atoms with Crippen LogP contribution in [0.15, 0.2) is 0 Å². The van der Waals surface area contributed by atoms with Gasteiger partial charge in [0.05, 0.1) is 0 Å². The number of carbonyl (C=O) groups is 2. The number of aliphatic carboxylic acids is 2. The van der Waals surface area contributed by atoms with E-state index < -0.39 is 11.9 Å². The van der Waals surface area contributed by atoms with Gasteiger partial charge < -0.3 is 10.2 Å². The highest BCUT2D eigenvalue weighted by Crippen LogP contribution is 2.17. The Kier molecular flexibility index (Phi) is 33.2. The summed E-state index contributed by atoms with van der Waals surface area (Å²) in [5.74, 6) is -1.31. The molecule has 4 heteroatoms. The van der Waals surface area contributed by atoms with E-state index in [0.29, 0.717) is 12.8 Å². The molecule has 2 N–H and O–H groups in total. The van der Waals surface area contributed by atoms with E-state index in [1.165, 1.54) is 180 Å². The van der Waals surface area contributed by atoms with E-state index in [-0.39, 0.29) is 0 Å². The second-order valence-corrected chi connectivity index (χ2v) is 12.6. The predicted octanol–water partition coefficient (Wildman–Crippen LogP) is 12.4. The maximum atomic E-state index is 10.5. The number of rotatable bonds is 35. The van der Waals surface area contributed by atoms with Crippen LogP contribution in [0.4, 0.5) is 0 Å². The summed E-state index contributed by atoms with van der Waals surface area (Å²) in [6.45, 7) is 0. The second kappa shape index (κ2) is 34.1. The van der Waals surface area contributed by atoms with Crippen molar-refractivity contribution in [1.29, 1.82) is 0 Å². The molecule has 4 nitrogen and oxygen atoms in total. The largest absolute Gasteiger partial charge is 0.481 e. The zero-order valence-electron chi connectivity index (χ0n) is 26.8. The highest BCUT2D eigenvalue weighted by atomic mass is 16.4. The molecule has 0 bridgehead atoms. The molecule has 0 spiro atoms. The smallest absolute Gasteiger partial charge is 0.303 e. The normalized spacial score (nSPS) is 11.3. The molecule has 40 heavy (non-hydrogen) atoms. The van der Waals surface area contributed by atoms with Crippen LogP contribution < -0.4 is 0 Å². The molecule has 0 aliphatic carbocycles. The number of hydrogen-bond donors (Lipinski definition) is 2. The summed E-state index contributed by atoms with van der Waals surface area (Å²) in [4.78, 5) is 20.9. The van der Waals surface area contributed by atoms with Crippen LogP contribution >= 0.6 is 0 Å². The van der Waals surface area contributed by atoms with Gasteiger partial charge in [0.2, 0.25) is 0 Å². The standard InChI is InChI=1S/C36H70O4/c37-35(38)33-31-29-27-25-23-21-19-17-15-13-11-9-7-5-3-1-2-4-6-8-10-12-14-16-18-20-22-24-26-28-30-32-34-36(39)40/h1-34H2,(H,37,38)(H,39,40). The van der Waals surface area contributed by atoms with Crippen LogP contribution in [0.5, 0.6) is 0 Å². The van der Waals surface area contributed by atoms with Gasteiger partial charge in [0, 0.05) is 12.8 Å². The van der Waals surface area contributed by atoms with Crippen LogP contribution in [0.1, 0.15) is 218 Å². The Morgan fingerprint density at radius 1 is 0.225 bits per heavy atom. The zero-order valence-corrected chi connectivity index (χ0v) is 26.8. The van der Waals surface area contributed by atoms with Gasteiger partial charge in [0.15, 0.2) is 0 Å². The van der Waals surface area contributed by atoms with Crippen LogP contribution in [0.3, 0.4) is 0 Å². The van der Waals surface area contributed by atoms with Crippen LogP contribution in [0.2, 0.25) is 0 Å². The third kappa shape index (κ3) is 36.9. The minimum Gasteiger partial charge on any atom is -0.481 e. The highest BCUT2D eigenvalue weighted by Gasteiger charge is 1.99. The van der Waals surface area contributed by atoms with Gasteiger partial charge in [-0.3, -0.25) is 9.59 Å².